The molecule has 0 radical (unpaired) electrons. The van der Waals surface area contributed by atoms with Crippen molar-refractivity contribution in [2.75, 3.05) is 0 Å². The lowest BCUT2D eigenvalue weighted by molar-refractivity contribution is -0.385. The van der Waals surface area contributed by atoms with Crippen molar-refractivity contribution in [3.63, 3.8) is 0 Å². The first-order valence-corrected chi connectivity index (χ1v) is 6.31. The normalized spacial score (nSPS) is 21.2. The third-order valence-electron chi connectivity index (χ3n) is 3.29. The summed E-state index contributed by atoms with van der Waals surface area (Å²) in [6.07, 6.45) is -13.1. The van der Waals surface area contributed by atoms with Crippen LogP contribution in [0.2, 0.25) is 0 Å². The second-order valence-corrected chi connectivity index (χ2v) is 4.93. The van der Waals surface area contributed by atoms with E-state index >= 15 is 0 Å². The fourth-order valence-electron chi connectivity index (χ4n) is 2.07. The van der Waals surface area contributed by atoms with Crippen LogP contribution in [0.25, 0.3) is 0 Å². The number of carbonyl (C=O) groups excluding carboxylic acids is 1. The molecule has 7 nitrogen and oxygen atoms in total. The zero-order chi connectivity index (χ0) is 19.2. The Labute approximate surface area is 134 Å². The number of alkyl halides is 6. The minimum atomic E-state index is -5.69. The van der Waals surface area contributed by atoms with Gasteiger partial charge in [0.25, 0.3) is 17.3 Å². The van der Waals surface area contributed by atoms with Crippen molar-refractivity contribution in [1.29, 1.82) is 0 Å². The summed E-state index contributed by atoms with van der Waals surface area (Å²) in [4.78, 5) is 21.9. The molecule has 0 spiro atoms. The first kappa shape index (κ1) is 18.6. The molecule has 2 rings (SSSR count). The van der Waals surface area contributed by atoms with Crippen LogP contribution in [-0.4, -0.2) is 44.7 Å². The molecule has 0 fully saturated rings. The molecule has 0 unspecified atom stereocenters. The van der Waals surface area contributed by atoms with E-state index < -0.39 is 57.3 Å². The second kappa shape index (κ2) is 5.68. The molecule has 0 saturated carbocycles. The lowest BCUT2D eigenvalue weighted by atomic mass is 10.0. The Morgan fingerprint density at radius 3 is 2.28 bits per heavy atom. The van der Waals surface area contributed by atoms with Gasteiger partial charge >= 0.3 is 12.4 Å². The van der Waals surface area contributed by atoms with Crippen molar-refractivity contribution >= 4 is 17.3 Å². The molecule has 0 saturated heterocycles. The molecule has 1 amide bonds. The molecule has 1 aromatic rings. The largest absolute Gasteiger partial charge is 0.438 e. The van der Waals surface area contributed by atoms with Gasteiger partial charge in [0.1, 0.15) is 11.3 Å². The summed E-state index contributed by atoms with van der Waals surface area (Å²) in [5, 5.41) is 22.3. The fourth-order valence-corrected chi connectivity index (χ4v) is 2.07. The maximum Gasteiger partial charge on any atom is 0.438 e. The molecular formula is C12H7F6N3O4. The van der Waals surface area contributed by atoms with Gasteiger partial charge in [0.2, 0.25) is 0 Å². The molecule has 0 aromatic heterocycles. The van der Waals surface area contributed by atoms with Crippen molar-refractivity contribution in [3.8, 4) is 0 Å². The van der Waals surface area contributed by atoms with Crippen molar-refractivity contribution in [2.45, 2.75) is 24.5 Å². The average molecular weight is 371 g/mol. The molecule has 1 heterocycles. The van der Waals surface area contributed by atoms with E-state index in [1.54, 1.807) is 0 Å². The summed E-state index contributed by atoms with van der Waals surface area (Å²) < 4.78 is 77.3. The van der Waals surface area contributed by atoms with E-state index in [-0.39, 0.29) is 0 Å². The predicted octanol–water partition coefficient (Wildman–Crippen LogP) is 2.61. The van der Waals surface area contributed by atoms with Crippen molar-refractivity contribution in [2.24, 2.45) is 5.10 Å². The predicted molar refractivity (Wildman–Crippen MR) is 68.4 cm³/mol. The molecule has 25 heavy (non-hydrogen) atoms. The van der Waals surface area contributed by atoms with Gasteiger partial charge in [-0.3, -0.25) is 14.9 Å². The molecule has 1 aliphatic rings. The summed E-state index contributed by atoms with van der Waals surface area (Å²) in [5.41, 5.74) is -8.23. The molecule has 1 aliphatic heterocycles. The van der Waals surface area contributed by atoms with E-state index in [1.807, 2.05) is 0 Å². The summed E-state index contributed by atoms with van der Waals surface area (Å²) in [6, 6.07) is 3.65. The minimum Gasteiger partial charge on any atom is -0.362 e. The summed E-state index contributed by atoms with van der Waals surface area (Å²) in [6.45, 7) is 0. The number of hydrogen-bond donors (Lipinski definition) is 1. The van der Waals surface area contributed by atoms with E-state index in [9.17, 15) is 46.4 Å². The number of para-hydroxylation sites is 1. The third-order valence-corrected chi connectivity index (χ3v) is 3.29. The van der Waals surface area contributed by atoms with Crippen molar-refractivity contribution in [3.05, 3.63) is 39.9 Å². The highest BCUT2D eigenvalue weighted by Crippen LogP contribution is 2.44. The molecular weight excluding hydrogens is 364 g/mol. The number of aliphatic hydroxyl groups is 1. The fraction of sp³-hybridized carbons (Fsp3) is 0.333. The van der Waals surface area contributed by atoms with Crippen LogP contribution in [0, 0.1) is 10.1 Å². The Hall–Kier alpha value is -2.70. The van der Waals surface area contributed by atoms with Crippen LogP contribution in [-0.2, 0) is 0 Å². The highest BCUT2D eigenvalue weighted by Gasteiger charge is 2.66. The number of nitro benzene ring substituents is 1. The van der Waals surface area contributed by atoms with Crippen LogP contribution in [0.5, 0.6) is 0 Å². The van der Waals surface area contributed by atoms with Crippen LogP contribution in [0.4, 0.5) is 32.0 Å². The quantitative estimate of drug-likeness (QED) is 0.491. The maximum atomic E-state index is 13.1. The Morgan fingerprint density at radius 2 is 1.80 bits per heavy atom. The highest BCUT2D eigenvalue weighted by atomic mass is 19.4. The van der Waals surface area contributed by atoms with Gasteiger partial charge in [0.15, 0.2) is 0 Å². The van der Waals surface area contributed by atoms with Gasteiger partial charge < -0.3 is 5.11 Å². The Balaban J connectivity index is 2.59. The van der Waals surface area contributed by atoms with Crippen LogP contribution >= 0.6 is 0 Å². The van der Waals surface area contributed by atoms with Gasteiger partial charge in [-0.15, -0.1) is 0 Å². The molecule has 1 aromatic carbocycles. The molecule has 136 valence electrons. The lowest BCUT2D eigenvalue weighted by Gasteiger charge is -2.32. The summed E-state index contributed by atoms with van der Waals surface area (Å²) in [7, 11) is 0. The molecule has 0 bridgehead atoms. The number of carbonyl (C=O) groups is 1. The Morgan fingerprint density at radius 1 is 1.24 bits per heavy atom. The van der Waals surface area contributed by atoms with Crippen LogP contribution in [0.1, 0.15) is 16.8 Å². The Kier molecular flexibility index (Phi) is 4.24. The van der Waals surface area contributed by atoms with Gasteiger partial charge in [0, 0.05) is 6.07 Å². The molecule has 1 atom stereocenters. The number of amides is 1. The van der Waals surface area contributed by atoms with E-state index in [0.717, 1.165) is 24.3 Å². The van der Waals surface area contributed by atoms with E-state index in [0.29, 0.717) is 0 Å². The van der Waals surface area contributed by atoms with Crippen LogP contribution < -0.4 is 0 Å². The molecule has 1 N–H and O–H groups in total. The average Bonchev–Trinajstić information content (AvgIpc) is 2.85. The number of rotatable bonds is 2. The van der Waals surface area contributed by atoms with Gasteiger partial charge in [-0.05, 0) is 6.07 Å². The second-order valence-electron chi connectivity index (χ2n) is 4.93. The number of nitrogens with zero attached hydrogens (tertiary/aromatic N) is 3. The summed E-state index contributed by atoms with van der Waals surface area (Å²) >= 11 is 0. The first-order valence-electron chi connectivity index (χ1n) is 6.31. The first-order chi connectivity index (χ1) is 11.3. The summed E-state index contributed by atoms with van der Waals surface area (Å²) in [5.74, 6) is -1.90. The molecule has 0 aliphatic carbocycles. The van der Waals surface area contributed by atoms with Crippen molar-refractivity contribution in [1.82, 2.24) is 5.01 Å². The number of nitro groups is 1. The monoisotopic (exact) mass is 371 g/mol. The van der Waals surface area contributed by atoms with Crippen LogP contribution in [0.3, 0.4) is 0 Å². The van der Waals surface area contributed by atoms with Gasteiger partial charge in [0.05, 0.1) is 11.3 Å². The van der Waals surface area contributed by atoms with Gasteiger partial charge in [-0.25, -0.2) is 0 Å². The zero-order valence-electron chi connectivity index (χ0n) is 11.8. The number of hydrogen-bond acceptors (Lipinski definition) is 5. The minimum absolute atomic E-state index is 0.734. The maximum absolute atomic E-state index is 13.1. The Bertz CT molecular complexity index is 760. The van der Waals surface area contributed by atoms with Crippen LogP contribution in [0.15, 0.2) is 29.4 Å². The topological polar surface area (TPSA) is 96.0 Å². The number of hydrazone groups is 1. The van der Waals surface area contributed by atoms with Crippen molar-refractivity contribution < 1.29 is 41.2 Å². The van der Waals surface area contributed by atoms with Gasteiger partial charge in [-0.1, -0.05) is 12.1 Å². The SMILES string of the molecule is O=C(c1ccccc1[N+](=O)[O-])N1N=C(C(F)(F)F)C[C@]1(O)C(F)(F)F. The zero-order valence-corrected chi connectivity index (χ0v) is 11.8. The standard InChI is InChI=1S/C12H7F6N3O4/c13-11(14,15)8-5-10(23,12(16,17)18)20(19-8)9(22)6-3-1-2-4-7(6)21(24)25/h1-4,23H,5H2/t10-/m0/s1. The smallest absolute Gasteiger partial charge is 0.362 e. The third kappa shape index (κ3) is 3.14. The highest BCUT2D eigenvalue weighted by molar-refractivity contribution is 6.02. The number of halogens is 6. The van der Waals surface area contributed by atoms with E-state index in [2.05, 4.69) is 5.10 Å². The van der Waals surface area contributed by atoms with Gasteiger partial charge in [-0.2, -0.15) is 36.5 Å². The number of benzene rings is 1. The lowest BCUT2D eigenvalue weighted by Crippen LogP contribution is -2.57. The molecule has 13 heteroatoms. The van der Waals surface area contributed by atoms with E-state index in [4.69, 9.17) is 0 Å². The van der Waals surface area contributed by atoms with E-state index in [1.165, 1.54) is 0 Å².